The van der Waals surface area contributed by atoms with Crippen molar-refractivity contribution in [3.05, 3.63) is 30.1 Å². The van der Waals surface area contributed by atoms with Crippen LogP contribution in [-0.2, 0) is 4.74 Å². The Balaban J connectivity index is 0.00000128. The highest BCUT2D eigenvalue weighted by molar-refractivity contribution is 5.93. The molecule has 1 aliphatic heterocycles. The Bertz CT molecular complexity index is 326. The van der Waals surface area contributed by atoms with Gasteiger partial charge in [-0.1, -0.05) is 0 Å². The molecule has 1 unspecified atom stereocenters. The van der Waals surface area contributed by atoms with Crippen LogP contribution in [-0.4, -0.2) is 30.1 Å². The number of nitrogens with zero attached hydrogens (tertiary/aromatic N) is 1. The fourth-order valence-electron chi connectivity index (χ4n) is 1.61. The zero-order valence-electron chi connectivity index (χ0n) is 8.89. The Kier molecular flexibility index (Phi) is 5.22. The number of ether oxygens (including phenoxy) is 1. The van der Waals surface area contributed by atoms with Gasteiger partial charge in [0.15, 0.2) is 0 Å². The lowest BCUT2D eigenvalue weighted by Gasteiger charge is -2.10. The summed E-state index contributed by atoms with van der Waals surface area (Å²) in [5.41, 5.74) is 0.593. The summed E-state index contributed by atoms with van der Waals surface area (Å²) >= 11 is 0. The summed E-state index contributed by atoms with van der Waals surface area (Å²) in [5.74, 6) is -0.0846. The molecule has 2 heterocycles. The number of rotatable bonds is 3. The number of halogens is 1. The quantitative estimate of drug-likeness (QED) is 0.872. The maximum atomic E-state index is 11.6. The molecule has 4 nitrogen and oxygen atoms in total. The molecule has 1 atom stereocenters. The summed E-state index contributed by atoms with van der Waals surface area (Å²) in [6.07, 6.45) is 5.52. The second-order valence-electron chi connectivity index (χ2n) is 3.59. The lowest BCUT2D eigenvalue weighted by molar-refractivity contribution is 0.0857. The minimum absolute atomic E-state index is 0. The Morgan fingerprint density at radius 1 is 1.62 bits per heavy atom. The van der Waals surface area contributed by atoms with Gasteiger partial charge in [0.2, 0.25) is 0 Å². The van der Waals surface area contributed by atoms with E-state index in [9.17, 15) is 4.79 Å². The summed E-state index contributed by atoms with van der Waals surface area (Å²) < 4.78 is 5.41. The van der Waals surface area contributed by atoms with Crippen molar-refractivity contribution < 1.29 is 9.53 Å². The molecule has 0 spiro atoms. The van der Waals surface area contributed by atoms with E-state index in [4.69, 9.17) is 4.74 Å². The highest BCUT2D eigenvalue weighted by atomic mass is 35.5. The number of carbonyl (C=O) groups excluding carboxylic acids is 1. The normalized spacial score (nSPS) is 18.9. The molecular formula is C11H15ClN2O2. The maximum Gasteiger partial charge on any atom is 0.252 e. The Morgan fingerprint density at radius 3 is 3.12 bits per heavy atom. The molecule has 1 amide bonds. The second-order valence-corrected chi connectivity index (χ2v) is 3.59. The average Bonchev–Trinajstić information content (AvgIpc) is 2.80. The zero-order chi connectivity index (χ0) is 10.5. The van der Waals surface area contributed by atoms with E-state index >= 15 is 0 Å². The van der Waals surface area contributed by atoms with E-state index in [1.807, 2.05) is 0 Å². The van der Waals surface area contributed by atoms with Crippen LogP contribution >= 0.6 is 12.4 Å². The van der Waals surface area contributed by atoms with Crippen molar-refractivity contribution in [1.29, 1.82) is 0 Å². The van der Waals surface area contributed by atoms with Crippen LogP contribution in [0.1, 0.15) is 23.2 Å². The number of nitrogens with one attached hydrogen (secondary N) is 1. The van der Waals surface area contributed by atoms with Gasteiger partial charge in [-0.3, -0.25) is 9.78 Å². The molecule has 0 bridgehead atoms. The number of hydrogen-bond acceptors (Lipinski definition) is 3. The molecule has 1 aromatic rings. The number of amides is 1. The summed E-state index contributed by atoms with van der Waals surface area (Å²) in [7, 11) is 0. The minimum atomic E-state index is -0.0846. The van der Waals surface area contributed by atoms with Gasteiger partial charge in [0.1, 0.15) is 0 Å². The maximum absolute atomic E-state index is 11.6. The molecule has 0 saturated carbocycles. The van der Waals surface area contributed by atoms with E-state index in [-0.39, 0.29) is 24.4 Å². The third-order valence-corrected chi connectivity index (χ3v) is 2.44. The van der Waals surface area contributed by atoms with E-state index < -0.39 is 0 Å². The van der Waals surface area contributed by atoms with E-state index in [1.54, 1.807) is 24.5 Å². The molecule has 1 N–H and O–H groups in total. The van der Waals surface area contributed by atoms with Crippen molar-refractivity contribution in [1.82, 2.24) is 10.3 Å². The van der Waals surface area contributed by atoms with Crippen molar-refractivity contribution in [2.75, 3.05) is 13.2 Å². The van der Waals surface area contributed by atoms with Crippen molar-refractivity contribution in [3.8, 4) is 0 Å². The smallest absolute Gasteiger partial charge is 0.252 e. The largest absolute Gasteiger partial charge is 0.376 e. The first kappa shape index (κ1) is 12.9. The van der Waals surface area contributed by atoms with E-state index in [1.165, 1.54) is 0 Å². The Morgan fingerprint density at radius 2 is 2.50 bits per heavy atom. The molecule has 5 heteroatoms. The standard InChI is InChI=1S/C11H14N2O2.ClH/c14-11(9-3-1-5-12-7-9)13-8-10-4-2-6-15-10;/h1,3,5,7,10H,2,4,6,8H2,(H,13,14);1H. The highest BCUT2D eigenvalue weighted by Gasteiger charge is 2.16. The van der Waals surface area contributed by atoms with Gasteiger partial charge in [0.05, 0.1) is 11.7 Å². The molecule has 16 heavy (non-hydrogen) atoms. The molecule has 1 aromatic heterocycles. The van der Waals surface area contributed by atoms with Gasteiger partial charge < -0.3 is 10.1 Å². The second kappa shape index (κ2) is 6.45. The predicted octanol–water partition coefficient (Wildman–Crippen LogP) is 1.41. The molecule has 0 radical (unpaired) electrons. The Hall–Kier alpha value is -1.13. The van der Waals surface area contributed by atoms with Crippen molar-refractivity contribution in [2.45, 2.75) is 18.9 Å². The number of pyridine rings is 1. The van der Waals surface area contributed by atoms with E-state index in [2.05, 4.69) is 10.3 Å². The fourth-order valence-corrected chi connectivity index (χ4v) is 1.61. The minimum Gasteiger partial charge on any atom is -0.376 e. The Labute approximate surface area is 101 Å². The van der Waals surface area contributed by atoms with Crippen molar-refractivity contribution in [3.63, 3.8) is 0 Å². The van der Waals surface area contributed by atoms with Crippen LogP contribution in [0.15, 0.2) is 24.5 Å². The molecule has 0 aliphatic carbocycles. The van der Waals surface area contributed by atoms with Gasteiger partial charge in [0.25, 0.3) is 5.91 Å². The highest BCUT2D eigenvalue weighted by Crippen LogP contribution is 2.10. The van der Waals surface area contributed by atoms with Gasteiger partial charge in [0, 0.05) is 25.5 Å². The monoisotopic (exact) mass is 242 g/mol. The summed E-state index contributed by atoms with van der Waals surface area (Å²) in [4.78, 5) is 15.5. The van der Waals surface area contributed by atoms with Gasteiger partial charge in [-0.2, -0.15) is 0 Å². The van der Waals surface area contributed by atoms with Crippen LogP contribution in [0.25, 0.3) is 0 Å². The summed E-state index contributed by atoms with van der Waals surface area (Å²) in [6, 6.07) is 3.50. The molecule has 1 saturated heterocycles. The summed E-state index contributed by atoms with van der Waals surface area (Å²) in [6.45, 7) is 1.40. The SMILES string of the molecule is Cl.O=C(NCC1CCCO1)c1cccnc1. The predicted molar refractivity (Wildman–Crippen MR) is 62.8 cm³/mol. The van der Waals surface area contributed by atoms with Crippen LogP contribution < -0.4 is 5.32 Å². The van der Waals surface area contributed by atoms with E-state index in [0.29, 0.717) is 12.1 Å². The van der Waals surface area contributed by atoms with E-state index in [0.717, 1.165) is 19.4 Å². The third-order valence-electron chi connectivity index (χ3n) is 2.44. The molecule has 1 fully saturated rings. The third kappa shape index (κ3) is 3.47. The molecule has 88 valence electrons. The number of aromatic nitrogens is 1. The fraction of sp³-hybridized carbons (Fsp3) is 0.455. The van der Waals surface area contributed by atoms with Gasteiger partial charge in [-0.05, 0) is 25.0 Å². The van der Waals surface area contributed by atoms with Crippen molar-refractivity contribution in [2.24, 2.45) is 0 Å². The molecule has 0 aromatic carbocycles. The first-order valence-electron chi connectivity index (χ1n) is 5.16. The summed E-state index contributed by atoms with van der Waals surface area (Å²) in [5, 5.41) is 2.84. The molecular weight excluding hydrogens is 228 g/mol. The van der Waals surface area contributed by atoms with Gasteiger partial charge in [-0.25, -0.2) is 0 Å². The van der Waals surface area contributed by atoms with Crippen LogP contribution in [0.5, 0.6) is 0 Å². The average molecular weight is 243 g/mol. The molecule has 1 aliphatic rings. The topological polar surface area (TPSA) is 51.2 Å². The lowest BCUT2D eigenvalue weighted by Crippen LogP contribution is -2.31. The van der Waals surface area contributed by atoms with Crippen LogP contribution in [0.4, 0.5) is 0 Å². The van der Waals surface area contributed by atoms with Crippen molar-refractivity contribution >= 4 is 18.3 Å². The van der Waals surface area contributed by atoms with Gasteiger partial charge >= 0.3 is 0 Å². The number of hydrogen-bond donors (Lipinski definition) is 1. The zero-order valence-corrected chi connectivity index (χ0v) is 9.70. The van der Waals surface area contributed by atoms with Crippen LogP contribution in [0.2, 0.25) is 0 Å². The lowest BCUT2D eigenvalue weighted by atomic mass is 10.2. The first-order valence-corrected chi connectivity index (χ1v) is 5.16. The van der Waals surface area contributed by atoms with Crippen LogP contribution in [0, 0.1) is 0 Å². The number of carbonyl (C=O) groups is 1. The van der Waals surface area contributed by atoms with Gasteiger partial charge in [-0.15, -0.1) is 12.4 Å². The van der Waals surface area contributed by atoms with Crippen LogP contribution in [0.3, 0.4) is 0 Å². The first-order chi connectivity index (χ1) is 7.36. The molecule has 2 rings (SSSR count).